The highest BCUT2D eigenvalue weighted by molar-refractivity contribution is 7.92. The average molecular weight is 576 g/mol. The van der Waals surface area contributed by atoms with Gasteiger partial charge in [-0.25, -0.2) is 8.42 Å². The molecule has 1 aliphatic rings. The van der Waals surface area contributed by atoms with Crippen molar-refractivity contribution in [3.63, 3.8) is 0 Å². The summed E-state index contributed by atoms with van der Waals surface area (Å²) in [6, 6.07) is 14.7. The minimum absolute atomic E-state index is 0.0990. The average Bonchev–Trinajstić information content (AvgIpc) is 2.91. The van der Waals surface area contributed by atoms with Gasteiger partial charge in [0, 0.05) is 30.6 Å². The highest BCUT2D eigenvalue weighted by atomic mass is 35.5. The van der Waals surface area contributed by atoms with Crippen LogP contribution in [-0.2, 0) is 26.0 Å². The number of rotatable bonds is 13. The molecule has 1 atom stereocenters. The number of carbonyl (C=O) groups is 2. The van der Waals surface area contributed by atoms with E-state index >= 15 is 0 Å². The molecule has 0 bridgehead atoms. The van der Waals surface area contributed by atoms with E-state index in [2.05, 4.69) is 5.32 Å². The second kappa shape index (κ2) is 14.7. The van der Waals surface area contributed by atoms with Crippen LogP contribution in [0.25, 0.3) is 0 Å². The van der Waals surface area contributed by atoms with Gasteiger partial charge >= 0.3 is 0 Å². The number of halogens is 1. The molecular weight excluding hydrogens is 534 g/mol. The van der Waals surface area contributed by atoms with Crippen molar-refractivity contribution in [1.82, 2.24) is 10.2 Å². The molecule has 1 N–H and O–H groups in total. The lowest BCUT2D eigenvalue weighted by molar-refractivity contribution is -0.141. The van der Waals surface area contributed by atoms with Gasteiger partial charge in [0.05, 0.1) is 11.9 Å². The number of nitrogens with one attached hydrogen (secondary N) is 1. The zero-order valence-corrected chi connectivity index (χ0v) is 24.9. The maximum Gasteiger partial charge on any atom is 0.243 e. The summed E-state index contributed by atoms with van der Waals surface area (Å²) < 4.78 is 26.6. The Morgan fingerprint density at radius 2 is 1.72 bits per heavy atom. The van der Waals surface area contributed by atoms with Crippen molar-refractivity contribution in [3.8, 4) is 0 Å². The summed E-state index contributed by atoms with van der Waals surface area (Å²) >= 11 is 6.25. The van der Waals surface area contributed by atoms with E-state index in [1.807, 2.05) is 37.3 Å². The van der Waals surface area contributed by atoms with Gasteiger partial charge in [0.2, 0.25) is 21.8 Å². The van der Waals surface area contributed by atoms with Gasteiger partial charge in [0.1, 0.15) is 6.04 Å². The van der Waals surface area contributed by atoms with E-state index in [0.717, 1.165) is 37.5 Å². The van der Waals surface area contributed by atoms with Crippen LogP contribution in [0.1, 0.15) is 69.4 Å². The lowest BCUT2D eigenvalue weighted by Crippen LogP contribution is -2.52. The number of sulfonamides is 1. The Balaban J connectivity index is 1.73. The van der Waals surface area contributed by atoms with Crippen LogP contribution in [0.3, 0.4) is 0 Å². The maximum absolute atomic E-state index is 13.6. The highest BCUT2D eigenvalue weighted by Gasteiger charge is 2.30. The number of hydrogen-bond donors (Lipinski definition) is 1. The Hall–Kier alpha value is -2.58. The first-order valence-corrected chi connectivity index (χ1v) is 16.2. The van der Waals surface area contributed by atoms with Crippen molar-refractivity contribution in [3.05, 3.63) is 64.7 Å². The van der Waals surface area contributed by atoms with Crippen molar-refractivity contribution in [2.75, 3.05) is 23.7 Å². The number of nitrogens with zero attached hydrogens (tertiary/aromatic N) is 2. The number of hydrogen-bond acceptors (Lipinski definition) is 4. The van der Waals surface area contributed by atoms with Gasteiger partial charge < -0.3 is 10.2 Å². The molecule has 0 spiro atoms. The van der Waals surface area contributed by atoms with Gasteiger partial charge in [-0.15, -0.1) is 0 Å². The van der Waals surface area contributed by atoms with Crippen molar-refractivity contribution in [2.24, 2.45) is 0 Å². The lowest BCUT2D eigenvalue weighted by atomic mass is 9.95. The van der Waals surface area contributed by atoms with Gasteiger partial charge in [0.15, 0.2) is 0 Å². The van der Waals surface area contributed by atoms with E-state index in [9.17, 15) is 18.0 Å². The quantitative estimate of drug-likeness (QED) is 0.342. The van der Waals surface area contributed by atoms with Crippen molar-refractivity contribution in [2.45, 2.75) is 83.7 Å². The normalized spacial score (nSPS) is 15.0. The van der Waals surface area contributed by atoms with E-state index in [1.54, 1.807) is 30.0 Å². The van der Waals surface area contributed by atoms with Crippen LogP contribution >= 0.6 is 11.6 Å². The molecule has 1 unspecified atom stereocenters. The van der Waals surface area contributed by atoms with E-state index in [1.165, 1.54) is 10.7 Å². The molecule has 3 rings (SSSR count). The molecule has 1 saturated carbocycles. The molecule has 0 heterocycles. The molecule has 2 aromatic rings. The van der Waals surface area contributed by atoms with Crippen LogP contribution in [0, 0.1) is 6.92 Å². The van der Waals surface area contributed by atoms with Gasteiger partial charge in [-0.2, -0.15) is 0 Å². The van der Waals surface area contributed by atoms with Gasteiger partial charge in [-0.3, -0.25) is 13.9 Å². The fourth-order valence-corrected chi connectivity index (χ4v) is 6.47. The molecule has 2 amide bonds. The second-order valence-electron chi connectivity index (χ2n) is 10.4. The zero-order chi connectivity index (χ0) is 28.4. The Morgan fingerprint density at radius 3 is 2.36 bits per heavy atom. The SMILES string of the molecule is CCC(C(=O)NC1CCCCC1)N(CCc1ccccc1)C(=O)CCCN(c1cccc(Cl)c1C)S(C)(=O)=O. The zero-order valence-electron chi connectivity index (χ0n) is 23.4. The second-order valence-corrected chi connectivity index (χ2v) is 12.7. The largest absolute Gasteiger partial charge is 0.352 e. The molecule has 0 radical (unpaired) electrons. The molecule has 1 fully saturated rings. The summed E-state index contributed by atoms with van der Waals surface area (Å²) in [7, 11) is -3.59. The third-order valence-electron chi connectivity index (χ3n) is 7.48. The molecule has 0 saturated heterocycles. The molecule has 7 nitrogen and oxygen atoms in total. The van der Waals surface area contributed by atoms with Gasteiger partial charge in [0.25, 0.3) is 0 Å². The smallest absolute Gasteiger partial charge is 0.243 e. The van der Waals surface area contributed by atoms with E-state index in [-0.39, 0.29) is 30.8 Å². The molecule has 9 heteroatoms. The standard InChI is InChI=1S/C30H42ClN3O4S/c1-4-27(30(36)32-25-15-9-6-10-16-25)33(22-20-24-13-7-5-8-14-24)29(35)19-12-21-34(39(3,37)38)28-18-11-17-26(31)23(28)2/h5,7-8,11,13-14,17-18,25,27H,4,6,9-10,12,15-16,19-22H2,1-3H3,(H,32,36). The van der Waals surface area contributed by atoms with E-state index in [0.29, 0.717) is 42.1 Å². The Labute approximate surface area is 239 Å². The van der Waals surface area contributed by atoms with Crippen LogP contribution in [0.2, 0.25) is 5.02 Å². The monoisotopic (exact) mass is 575 g/mol. The third kappa shape index (κ3) is 8.97. The summed E-state index contributed by atoms with van der Waals surface area (Å²) in [6.45, 7) is 4.27. The fourth-order valence-electron chi connectivity index (χ4n) is 5.29. The molecule has 214 valence electrons. The maximum atomic E-state index is 13.6. The van der Waals surface area contributed by atoms with Crippen LogP contribution < -0.4 is 9.62 Å². The minimum atomic E-state index is -3.59. The first-order valence-electron chi connectivity index (χ1n) is 14.0. The highest BCUT2D eigenvalue weighted by Crippen LogP contribution is 2.28. The minimum Gasteiger partial charge on any atom is -0.352 e. The first kappa shape index (κ1) is 31.0. The van der Waals surface area contributed by atoms with Crippen molar-refractivity contribution < 1.29 is 18.0 Å². The van der Waals surface area contributed by atoms with Gasteiger partial charge in [-0.05, 0) is 62.3 Å². The fraction of sp³-hybridized carbons (Fsp3) is 0.533. The number of carbonyl (C=O) groups excluding carboxylic acids is 2. The molecule has 0 aromatic heterocycles. The van der Waals surface area contributed by atoms with Crippen LogP contribution in [-0.4, -0.2) is 56.6 Å². The molecular formula is C30H42ClN3O4S. The van der Waals surface area contributed by atoms with Gasteiger partial charge in [-0.1, -0.05) is 74.2 Å². The molecule has 1 aliphatic carbocycles. The van der Waals surface area contributed by atoms with Crippen molar-refractivity contribution >= 4 is 39.1 Å². The predicted molar refractivity (Wildman–Crippen MR) is 159 cm³/mol. The Kier molecular flexibility index (Phi) is 11.7. The summed E-state index contributed by atoms with van der Waals surface area (Å²) in [5.74, 6) is -0.244. The van der Waals surface area contributed by atoms with E-state index < -0.39 is 16.1 Å². The number of amides is 2. The molecule has 39 heavy (non-hydrogen) atoms. The van der Waals surface area contributed by atoms with Crippen LogP contribution in [0.4, 0.5) is 5.69 Å². The summed E-state index contributed by atoms with van der Waals surface area (Å²) in [6.07, 6.45) is 8.13. The predicted octanol–water partition coefficient (Wildman–Crippen LogP) is 5.49. The summed E-state index contributed by atoms with van der Waals surface area (Å²) in [5.41, 5.74) is 2.28. The first-order chi connectivity index (χ1) is 18.6. The van der Waals surface area contributed by atoms with Crippen LogP contribution in [0.15, 0.2) is 48.5 Å². The number of benzene rings is 2. The van der Waals surface area contributed by atoms with Crippen molar-refractivity contribution in [1.29, 1.82) is 0 Å². The van der Waals surface area contributed by atoms with Crippen LogP contribution in [0.5, 0.6) is 0 Å². The summed E-state index contributed by atoms with van der Waals surface area (Å²) in [5, 5.41) is 3.68. The molecule has 2 aromatic carbocycles. The number of anilines is 1. The topological polar surface area (TPSA) is 86.8 Å². The third-order valence-corrected chi connectivity index (χ3v) is 9.07. The molecule has 0 aliphatic heterocycles. The summed E-state index contributed by atoms with van der Waals surface area (Å²) in [4.78, 5) is 28.7. The van der Waals surface area contributed by atoms with E-state index in [4.69, 9.17) is 11.6 Å². The Bertz CT molecular complexity index is 1200. The lowest BCUT2D eigenvalue weighted by Gasteiger charge is -2.33. The Morgan fingerprint density at radius 1 is 1.03 bits per heavy atom.